The molecule has 4 heteroatoms. The highest BCUT2D eigenvalue weighted by atomic mass is 16.5. The fraction of sp³-hybridized carbons (Fsp3) is 0.562. The summed E-state index contributed by atoms with van der Waals surface area (Å²) in [6.07, 6.45) is 4.08. The first-order valence-electron chi connectivity index (χ1n) is 7.37. The minimum Gasteiger partial charge on any atom is -0.365 e. The van der Waals surface area contributed by atoms with Gasteiger partial charge in [-0.1, -0.05) is 18.2 Å². The number of rotatable bonds is 5. The van der Waals surface area contributed by atoms with Crippen LogP contribution in [0.25, 0.3) is 0 Å². The molecule has 1 aliphatic carbocycles. The van der Waals surface area contributed by atoms with Crippen LogP contribution in [0.4, 0.5) is 5.69 Å². The van der Waals surface area contributed by atoms with E-state index in [1.807, 2.05) is 44.3 Å². The van der Waals surface area contributed by atoms with E-state index in [2.05, 4.69) is 10.6 Å². The standard InChI is InChI=1S/C16H24N2O2/c1-12(16(19)18-14-6-4-3-5-7-14)20-15-10-8-13(17-2)9-11-15/h3-7,12-13,15,17H,8-11H2,1-2H3,(H,18,19). The van der Waals surface area contributed by atoms with Gasteiger partial charge in [-0.15, -0.1) is 0 Å². The molecule has 0 bridgehead atoms. The third-order valence-corrected chi connectivity index (χ3v) is 3.89. The molecule has 1 atom stereocenters. The second-order valence-corrected chi connectivity index (χ2v) is 5.40. The van der Waals surface area contributed by atoms with Crippen LogP contribution in [0.2, 0.25) is 0 Å². The average molecular weight is 276 g/mol. The van der Waals surface area contributed by atoms with E-state index in [0.29, 0.717) is 6.04 Å². The van der Waals surface area contributed by atoms with Crippen LogP contribution in [0.5, 0.6) is 0 Å². The number of ether oxygens (including phenoxy) is 1. The molecule has 0 aromatic heterocycles. The van der Waals surface area contributed by atoms with Gasteiger partial charge < -0.3 is 15.4 Å². The van der Waals surface area contributed by atoms with Crippen LogP contribution in [0.15, 0.2) is 30.3 Å². The SMILES string of the molecule is CNC1CCC(OC(C)C(=O)Nc2ccccc2)CC1. The topological polar surface area (TPSA) is 50.4 Å². The van der Waals surface area contributed by atoms with Crippen LogP contribution in [-0.4, -0.2) is 31.2 Å². The molecule has 1 fully saturated rings. The minimum atomic E-state index is -0.411. The highest BCUT2D eigenvalue weighted by Crippen LogP contribution is 2.22. The van der Waals surface area contributed by atoms with Crippen molar-refractivity contribution in [2.75, 3.05) is 12.4 Å². The summed E-state index contributed by atoms with van der Waals surface area (Å²) in [6.45, 7) is 1.82. The first kappa shape index (κ1) is 15.0. The maximum atomic E-state index is 12.1. The molecule has 1 saturated carbocycles. The zero-order chi connectivity index (χ0) is 14.4. The van der Waals surface area contributed by atoms with Crippen molar-refractivity contribution < 1.29 is 9.53 Å². The van der Waals surface area contributed by atoms with E-state index >= 15 is 0 Å². The molecule has 0 spiro atoms. The van der Waals surface area contributed by atoms with Crippen molar-refractivity contribution in [3.05, 3.63) is 30.3 Å². The first-order valence-corrected chi connectivity index (χ1v) is 7.37. The predicted molar refractivity (Wildman–Crippen MR) is 80.7 cm³/mol. The smallest absolute Gasteiger partial charge is 0.253 e. The van der Waals surface area contributed by atoms with E-state index in [4.69, 9.17) is 4.74 Å². The maximum Gasteiger partial charge on any atom is 0.253 e. The summed E-state index contributed by atoms with van der Waals surface area (Å²) in [5.41, 5.74) is 0.812. The van der Waals surface area contributed by atoms with Crippen molar-refractivity contribution in [1.29, 1.82) is 0 Å². The summed E-state index contributed by atoms with van der Waals surface area (Å²) in [7, 11) is 2.00. The molecule has 2 N–H and O–H groups in total. The first-order chi connectivity index (χ1) is 9.69. The number of benzene rings is 1. The average Bonchev–Trinajstić information content (AvgIpc) is 2.49. The van der Waals surface area contributed by atoms with Crippen LogP contribution in [0, 0.1) is 0 Å². The molecule has 1 amide bonds. The lowest BCUT2D eigenvalue weighted by Crippen LogP contribution is -2.37. The molecule has 1 aromatic carbocycles. The summed E-state index contributed by atoms with van der Waals surface area (Å²) in [5.74, 6) is -0.0769. The summed E-state index contributed by atoms with van der Waals surface area (Å²) < 4.78 is 5.88. The lowest BCUT2D eigenvalue weighted by atomic mass is 9.93. The molecular formula is C16H24N2O2. The van der Waals surface area contributed by atoms with E-state index in [1.54, 1.807) is 0 Å². The highest BCUT2D eigenvalue weighted by molar-refractivity contribution is 5.93. The Morgan fingerprint density at radius 2 is 1.85 bits per heavy atom. The van der Waals surface area contributed by atoms with Crippen molar-refractivity contribution in [2.45, 2.75) is 50.9 Å². The Kier molecular flexibility index (Phi) is 5.56. The van der Waals surface area contributed by atoms with Crippen LogP contribution in [-0.2, 0) is 9.53 Å². The highest BCUT2D eigenvalue weighted by Gasteiger charge is 2.24. The lowest BCUT2D eigenvalue weighted by Gasteiger charge is -2.30. The van der Waals surface area contributed by atoms with Gasteiger partial charge in [0.15, 0.2) is 0 Å². The number of hydrogen-bond acceptors (Lipinski definition) is 3. The van der Waals surface area contributed by atoms with E-state index < -0.39 is 6.10 Å². The van der Waals surface area contributed by atoms with Crippen LogP contribution < -0.4 is 10.6 Å². The maximum absolute atomic E-state index is 12.1. The van der Waals surface area contributed by atoms with Gasteiger partial charge in [-0.25, -0.2) is 0 Å². The second-order valence-electron chi connectivity index (χ2n) is 5.40. The molecule has 0 saturated heterocycles. The van der Waals surface area contributed by atoms with Gasteiger partial charge in [0, 0.05) is 11.7 Å². The molecule has 20 heavy (non-hydrogen) atoms. The number of nitrogens with one attached hydrogen (secondary N) is 2. The Bertz CT molecular complexity index is 414. The van der Waals surface area contributed by atoms with Crippen LogP contribution >= 0.6 is 0 Å². The number of carbonyl (C=O) groups excluding carboxylic acids is 1. The summed E-state index contributed by atoms with van der Waals surface area (Å²) in [6, 6.07) is 10.1. The number of carbonyl (C=O) groups is 1. The number of hydrogen-bond donors (Lipinski definition) is 2. The third kappa shape index (κ3) is 4.32. The van der Waals surface area contributed by atoms with Crippen molar-refractivity contribution >= 4 is 11.6 Å². The lowest BCUT2D eigenvalue weighted by molar-refractivity contribution is -0.131. The Balaban J connectivity index is 1.77. The van der Waals surface area contributed by atoms with Crippen LogP contribution in [0.3, 0.4) is 0 Å². The Hall–Kier alpha value is -1.39. The number of amides is 1. The molecule has 0 heterocycles. The Labute approximate surface area is 120 Å². The second kappa shape index (κ2) is 7.41. The molecule has 1 unspecified atom stereocenters. The molecule has 1 aliphatic rings. The van der Waals surface area contributed by atoms with Crippen molar-refractivity contribution in [2.24, 2.45) is 0 Å². The zero-order valence-corrected chi connectivity index (χ0v) is 12.3. The van der Waals surface area contributed by atoms with Crippen LogP contribution in [0.1, 0.15) is 32.6 Å². The van der Waals surface area contributed by atoms with Crippen molar-refractivity contribution in [3.63, 3.8) is 0 Å². The predicted octanol–water partition coefficient (Wildman–Crippen LogP) is 2.56. The van der Waals surface area contributed by atoms with Gasteiger partial charge in [0.25, 0.3) is 5.91 Å². The Morgan fingerprint density at radius 1 is 1.20 bits per heavy atom. The van der Waals surface area contributed by atoms with Gasteiger partial charge in [-0.05, 0) is 51.8 Å². The monoisotopic (exact) mass is 276 g/mol. The van der Waals surface area contributed by atoms with Gasteiger partial charge in [0.2, 0.25) is 0 Å². The Morgan fingerprint density at radius 3 is 2.45 bits per heavy atom. The zero-order valence-electron chi connectivity index (χ0n) is 12.3. The van der Waals surface area contributed by atoms with Gasteiger partial charge in [-0.3, -0.25) is 4.79 Å². The molecule has 4 nitrogen and oxygen atoms in total. The number of para-hydroxylation sites is 1. The summed E-state index contributed by atoms with van der Waals surface area (Å²) in [4.78, 5) is 12.1. The number of anilines is 1. The fourth-order valence-corrected chi connectivity index (χ4v) is 2.60. The molecular weight excluding hydrogens is 252 g/mol. The largest absolute Gasteiger partial charge is 0.365 e. The van der Waals surface area contributed by atoms with Crippen molar-refractivity contribution in [3.8, 4) is 0 Å². The molecule has 0 radical (unpaired) electrons. The van der Waals surface area contributed by atoms with Crippen molar-refractivity contribution in [1.82, 2.24) is 5.32 Å². The normalized spacial score (nSPS) is 24.1. The molecule has 2 rings (SSSR count). The molecule has 1 aromatic rings. The van der Waals surface area contributed by atoms with E-state index in [9.17, 15) is 4.79 Å². The third-order valence-electron chi connectivity index (χ3n) is 3.89. The van der Waals surface area contributed by atoms with Gasteiger partial charge in [0.1, 0.15) is 6.10 Å². The molecule has 110 valence electrons. The summed E-state index contributed by atoms with van der Waals surface area (Å²) >= 11 is 0. The minimum absolute atomic E-state index is 0.0769. The van der Waals surface area contributed by atoms with E-state index in [0.717, 1.165) is 31.4 Å². The van der Waals surface area contributed by atoms with Gasteiger partial charge >= 0.3 is 0 Å². The van der Waals surface area contributed by atoms with Gasteiger partial charge in [0.05, 0.1) is 6.10 Å². The van der Waals surface area contributed by atoms with E-state index in [1.165, 1.54) is 0 Å². The quantitative estimate of drug-likeness (QED) is 0.869. The fourth-order valence-electron chi connectivity index (χ4n) is 2.60. The molecule has 0 aliphatic heterocycles. The van der Waals surface area contributed by atoms with E-state index in [-0.39, 0.29) is 12.0 Å². The van der Waals surface area contributed by atoms with Gasteiger partial charge in [-0.2, -0.15) is 0 Å². The summed E-state index contributed by atoms with van der Waals surface area (Å²) in [5, 5.41) is 6.17.